The zero-order valence-electron chi connectivity index (χ0n) is 26.2. The van der Waals surface area contributed by atoms with Crippen LogP contribution in [0.25, 0.3) is 10.9 Å². The Morgan fingerprint density at radius 3 is 2.56 bits per heavy atom. The maximum Gasteiger partial charge on any atom is 0.410 e. The number of nitrogens with zero attached hydrogens (tertiary/aromatic N) is 2. The van der Waals surface area contributed by atoms with Crippen LogP contribution in [0.15, 0.2) is 30.5 Å². The van der Waals surface area contributed by atoms with Crippen molar-refractivity contribution in [3.05, 3.63) is 36.0 Å². The number of hydrogen-bond donors (Lipinski definition) is 0. The van der Waals surface area contributed by atoms with Crippen LogP contribution >= 0.6 is 0 Å². The molecule has 2 aliphatic rings. The average molecular weight is 573 g/mol. The highest BCUT2D eigenvalue weighted by atomic mass is 16.8. The maximum atomic E-state index is 13.0. The number of methoxy groups -OCH3 is 2. The minimum absolute atomic E-state index is 0.168. The molecule has 1 aromatic carbocycles. The van der Waals surface area contributed by atoms with E-state index in [4.69, 9.17) is 28.4 Å². The van der Waals surface area contributed by atoms with Crippen LogP contribution in [0.1, 0.15) is 79.4 Å². The highest BCUT2D eigenvalue weighted by molar-refractivity contribution is 5.83. The molecule has 0 radical (unpaired) electrons. The lowest BCUT2D eigenvalue weighted by Crippen LogP contribution is -2.47. The number of hydrogen-bond acceptors (Lipinski definition) is 8. The summed E-state index contributed by atoms with van der Waals surface area (Å²) in [5.74, 6) is -0.201. The van der Waals surface area contributed by atoms with Gasteiger partial charge in [-0.3, -0.25) is 4.98 Å². The van der Waals surface area contributed by atoms with Crippen molar-refractivity contribution in [3.8, 4) is 5.75 Å². The molecule has 1 aromatic heterocycles. The maximum absolute atomic E-state index is 13.0. The summed E-state index contributed by atoms with van der Waals surface area (Å²) in [6.45, 7) is 15.2. The van der Waals surface area contributed by atoms with E-state index >= 15 is 0 Å². The molecule has 9 nitrogen and oxygen atoms in total. The smallest absolute Gasteiger partial charge is 0.410 e. The Hall–Kier alpha value is -2.46. The second-order valence-electron chi connectivity index (χ2n) is 13.1. The first-order valence-electron chi connectivity index (χ1n) is 14.7. The van der Waals surface area contributed by atoms with Crippen molar-refractivity contribution >= 4 is 17.0 Å². The Bertz CT molecular complexity index is 1190. The van der Waals surface area contributed by atoms with Gasteiger partial charge in [0.15, 0.2) is 11.6 Å². The van der Waals surface area contributed by atoms with Gasteiger partial charge in [0.05, 0.1) is 31.5 Å². The first-order chi connectivity index (χ1) is 19.2. The van der Waals surface area contributed by atoms with Crippen molar-refractivity contribution < 1.29 is 33.2 Å². The fourth-order valence-electron chi connectivity index (χ4n) is 5.81. The molecule has 9 heteroatoms. The van der Waals surface area contributed by atoms with E-state index in [1.165, 1.54) is 0 Å². The van der Waals surface area contributed by atoms with Gasteiger partial charge in [-0.25, -0.2) is 4.79 Å². The predicted octanol–water partition coefficient (Wildman–Crippen LogP) is 6.49. The minimum atomic E-state index is -0.734. The molecule has 2 saturated heterocycles. The minimum Gasteiger partial charge on any atom is -0.495 e. The molecular formula is C32H48N2O7. The third-order valence-corrected chi connectivity index (χ3v) is 7.97. The van der Waals surface area contributed by atoms with Crippen molar-refractivity contribution in [2.75, 3.05) is 33.9 Å². The first-order valence-corrected chi connectivity index (χ1v) is 14.7. The topological polar surface area (TPSA) is 88.6 Å². The van der Waals surface area contributed by atoms with Crippen molar-refractivity contribution in [3.63, 3.8) is 0 Å². The normalized spacial score (nSPS) is 25.0. The van der Waals surface area contributed by atoms with E-state index in [0.717, 1.165) is 35.7 Å². The molecule has 41 heavy (non-hydrogen) atoms. The zero-order chi connectivity index (χ0) is 30.0. The number of carbonyl (C=O) groups is 1. The Kier molecular flexibility index (Phi) is 9.53. The quantitative estimate of drug-likeness (QED) is 0.315. The Morgan fingerprint density at radius 1 is 1.12 bits per heavy atom. The molecule has 4 atom stereocenters. The van der Waals surface area contributed by atoms with Gasteiger partial charge in [-0.05, 0) is 97.3 Å². The van der Waals surface area contributed by atoms with Crippen molar-refractivity contribution in [2.24, 2.45) is 11.8 Å². The number of likely N-dealkylation sites (tertiary alicyclic amines) is 1. The van der Waals surface area contributed by atoms with Crippen LogP contribution in [0.5, 0.6) is 5.75 Å². The number of aromatic nitrogens is 1. The Morgan fingerprint density at radius 2 is 1.88 bits per heavy atom. The number of ether oxygens (including phenoxy) is 6. The Balaban J connectivity index is 1.57. The van der Waals surface area contributed by atoms with Crippen LogP contribution in [-0.4, -0.2) is 73.2 Å². The summed E-state index contributed by atoms with van der Waals surface area (Å²) in [5.41, 5.74) is 1.38. The van der Waals surface area contributed by atoms with Gasteiger partial charge in [0.1, 0.15) is 17.5 Å². The van der Waals surface area contributed by atoms with E-state index in [-0.39, 0.29) is 24.2 Å². The van der Waals surface area contributed by atoms with E-state index in [9.17, 15) is 4.79 Å². The number of rotatable bonds is 9. The highest BCUT2D eigenvalue weighted by Crippen LogP contribution is 2.45. The van der Waals surface area contributed by atoms with Crippen LogP contribution in [0, 0.1) is 11.8 Å². The third kappa shape index (κ3) is 8.09. The SMILES string of the molecule is COc1cnc2cccc([C@H]3OC(C)(C)O[C@@H]3C[C@@H]3CCN(C(=O)OC(C)(C)C)C[C@@H]3CCOC(C)(C)OC)c2c1. The molecule has 0 spiro atoms. The second-order valence-corrected chi connectivity index (χ2v) is 13.1. The highest BCUT2D eigenvalue weighted by Gasteiger charge is 2.45. The fraction of sp³-hybridized carbons (Fsp3) is 0.688. The standard InChI is InChI=1S/C32H48N2O7/c1-30(2,3)41-29(35)34-15-13-21(22(20-34)14-16-38-31(4,5)37-9)17-27-28(40-32(6,7)39-27)24-11-10-12-26-25(24)18-23(36-8)19-33-26/h10-12,18-19,21-22,27-28H,13-17,20H2,1-9H3/t21-,22-,27+,28+/m0/s1. The van der Waals surface area contributed by atoms with E-state index in [1.807, 2.05) is 71.6 Å². The van der Waals surface area contributed by atoms with Gasteiger partial charge in [-0.15, -0.1) is 0 Å². The number of amides is 1. The number of fused-ring (bicyclic) bond motifs is 1. The van der Waals surface area contributed by atoms with Crippen LogP contribution in [0.3, 0.4) is 0 Å². The molecule has 4 rings (SSSR count). The zero-order valence-corrected chi connectivity index (χ0v) is 26.2. The molecule has 3 heterocycles. The van der Waals surface area contributed by atoms with Crippen LogP contribution in [0.4, 0.5) is 4.79 Å². The van der Waals surface area contributed by atoms with Gasteiger partial charge in [0, 0.05) is 25.6 Å². The average Bonchev–Trinajstić information content (AvgIpc) is 3.21. The lowest BCUT2D eigenvalue weighted by atomic mass is 9.78. The van der Waals surface area contributed by atoms with Gasteiger partial charge in [0.2, 0.25) is 0 Å². The summed E-state index contributed by atoms with van der Waals surface area (Å²) in [6, 6.07) is 8.12. The van der Waals surface area contributed by atoms with E-state index in [2.05, 4.69) is 11.1 Å². The molecule has 0 N–H and O–H groups in total. The largest absolute Gasteiger partial charge is 0.495 e. The van der Waals surface area contributed by atoms with Gasteiger partial charge >= 0.3 is 6.09 Å². The van der Waals surface area contributed by atoms with Gasteiger partial charge < -0.3 is 33.3 Å². The number of piperidine rings is 1. The lowest BCUT2D eigenvalue weighted by molar-refractivity contribution is -0.200. The molecule has 2 fully saturated rings. The van der Waals surface area contributed by atoms with Gasteiger partial charge in [-0.2, -0.15) is 0 Å². The van der Waals surface area contributed by atoms with E-state index in [1.54, 1.807) is 20.4 Å². The monoisotopic (exact) mass is 572 g/mol. The Labute approximate surface area is 244 Å². The molecule has 2 aromatic rings. The summed E-state index contributed by atoms with van der Waals surface area (Å²) in [7, 11) is 3.29. The second kappa shape index (κ2) is 12.4. The molecule has 0 unspecified atom stereocenters. The molecule has 228 valence electrons. The summed E-state index contributed by atoms with van der Waals surface area (Å²) < 4.78 is 35.8. The fourth-order valence-corrected chi connectivity index (χ4v) is 5.81. The molecule has 0 bridgehead atoms. The van der Waals surface area contributed by atoms with E-state index < -0.39 is 17.2 Å². The molecule has 0 aliphatic carbocycles. The third-order valence-electron chi connectivity index (χ3n) is 7.97. The summed E-state index contributed by atoms with van der Waals surface area (Å²) in [5, 5.41) is 0.995. The molecule has 1 amide bonds. The van der Waals surface area contributed by atoms with Crippen molar-refractivity contribution in [1.29, 1.82) is 0 Å². The number of pyridine rings is 1. The van der Waals surface area contributed by atoms with Gasteiger partial charge in [-0.1, -0.05) is 12.1 Å². The van der Waals surface area contributed by atoms with Gasteiger partial charge in [0.25, 0.3) is 0 Å². The molecule has 0 saturated carbocycles. The van der Waals surface area contributed by atoms with Crippen LogP contribution < -0.4 is 4.74 Å². The summed E-state index contributed by atoms with van der Waals surface area (Å²) in [4.78, 5) is 19.4. The summed E-state index contributed by atoms with van der Waals surface area (Å²) in [6.07, 6.45) is 3.45. The predicted molar refractivity (Wildman–Crippen MR) is 157 cm³/mol. The first kappa shape index (κ1) is 31.5. The van der Waals surface area contributed by atoms with Crippen LogP contribution in [0.2, 0.25) is 0 Å². The van der Waals surface area contributed by atoms with E-state index in [0.29, 0.717) is 31.4 Å². The lowest BCUT2D eigenvalue weighted by Gasteiger charge is -2.40. The number of carbonyl (C=O) groups excluding carboxylic acids is 1. The molecule has 2 aliphatic heterocycles. The van der Waals surface area contributed by atoms with Crippen molar-refractivity contribution in [1.82, 2.24) is 9.88 Å². The van der Waals surface area contributed by atoms with Crippen LogP contribution in [-0.2, 0) is 23.7 Å². The number of benzene rings is 1. The molecular weight excluding hydrogens is 524 g/mol. The summed E-state index contributed by atoms with van der Waals surface area (Å²) >= 11 is 0. The van der Waals surface area contributed by atoms with Crippen molar-refractivity contribution in [2.45, 2.75) is 97.1 Å².